The summed E-state index contributed by atoms with van der Waals surface area (Å²) in [6.45, 7) is 1.77. The van der Waals surface area contributed by atoms with Gasteiger partial charge in [-0.3, -0.25) is 14.4 Å². The Morgan fingerprint density at radius 3 is 2.21 bits per heavy atom. The number of aromatic hydroxyl groups is 2. The van der Waals surface area contributed by atoms with Crippen molar-refractivity contribution < 1.29 is 34.1 Å². The first kappa shape index (κ1) is 28.3. The molecule has 3 amide bonds. The number of benzene rings is 3. The third kappa shape index (κ3) is 7.37. The van der Waals surface area contributed by atoms with Crippen molar-refractivity contribution in [3.05, 3.63) is 81.8 Å². The third-order valence-electron chi connectivity index (χ3n) is 5.15. The van der Waals surface area contributed by atoms with E-state index in [0.717, 1.165) is 17.7 Å². The molecule has 0 saturated heterocycles. The Balaban J connectivity index is 1.74. The summed E-state index contributed by atoms with van der Waals surface area (Å²) in [6.07, 6.45) is 0.174. The Morgan fingerprint density at radius 2 is 1.55 bits per heavy atom. The highest BCUT2D eigenvalue weighted by Crippen LogP contribution is 2.35. The Kier molecular flexibility index (Phi) is 9.53. The van der Waals surface area contributed by atoms with Crippen molar-refractivity contribution in [3.8, 4) is 11.5 Å². The van der Waals surface area contributed by atoms with Gasteiger partial charge in [-0.05, 0) is 42.8 Å². The number of phenolic OH excluding ortho intramolecular Hbond substituents is 2. The van der Waals surface area contributed by atoms with Crippen molar-refractivity contribution in [1.82, 2.24) is 5.32 Å². The molecule has 0 aliphatic heterocycles. The predicted molar refractivity (Wildman–Crippen MR) is 142 cm³/mol. The second-order valence-corrected chi connectivity index (χ2v) is 8.74. The Bertz CT molecular complexity index is 1370. The van der Waals surface area contributed by atoms with Gasteiger partial charge in [0.15, 0.2) is 5.75 Å². The summed E-state index contributed by atoms with van der Waals surface area (Å²) in [4.78, 5) is 50.2. The predicted octanol–water partition coefficient (Wildman–Crippen LogP) is 3.89. The molecule has 0 aromatic heterocycles. The third-order valence-corrected chi connectivity index (χ3v) is 5.65. The van der Waals surface area contributed by atoms with Crippen LogP contribution >= 0.6 is 23.2 Å². The topological polar surface area (TPSA) is 154 Å². The van der Waals surface area contributed by atoms with Crippen LogP contribution in [0.15, 0.2) is 60.7 Å². The molecule has 5 N–H and O–H groups in total. The van der Waals surface area contributed by atoms with Crippen LogP contribution in [0.25, 0.3) is 0 Å². The van der Waals surface area contributed by atoms with E-state index in [-0.39, 0.29) is 40.0 Å². The van der Waals surface area contributed by atoms with Crippen LogP contribution in [0.2, 0.25) is 10.0 Å². The quantitative estimate of drug-likeness (QED) is 0.159. The van der Waals surface area contributed by atoms with Gasteiger partial charge in [-0.15, -0.1) is 0 Å². The van der Waals surface area contributed by atoms with E-state index in [1.54, 1.807) is 31.2 Å². The van der Waals surface area contributed by atoms with Crippen molar-refractivity contribution in [1.29, 1.82) is 0 Å². The van der Waals surface area contributed by atoms with Crippen LogP contribution in [0, 0.1) is 0 Å². The molecular weight excluding hydrogens is 537 g/mol. The number of carbonyl (C=O) groups excluding carboxylic acids is 4. The zero-order valence-electron chi connectivity index (χ0n) is 20.0. The van der Waals surface area contributed by atoms with E-state index < -0.39 is 41.2 Å². The van der Waals surface area contributed by atoms with Crippen LogP contribution in [-0.4, -0.2) is 46.6 Å². The molecule has 0 aliphatic rings. The number of esters is 1. The Labute approximate surface area is 227 Å². The summed E-state index contributed by atoms with van der Waals surface area (Å²) in [6, 6.07) is 14.0. The number of phenols is 2. The molecular formula is C26H23Cl2N3O7. The molecule has 0 radical (unpaired) electrons. The standard InChI is InChI=1S/C26H23Cl2N3O7/c1-2-38-26(37)20(10-14-6-4-3-5-7-14)31-23(34)15-8-9-21(32)18(11-15)29-24(35)25(36)30-19-13-16(27)12-17(28)22(19)33/h3-9,11-13,20,32-33H,2,10H2,1H3,(H,29,35)(H,30,36)(H,31,34)/t20-/m0/s1. The number of amides is 3. The fourth-order valence-corrected chi connectivity index (χ4v) is 3.82. The number of ether oxygens (including phenoxy) is 1. The van der Waals surface area contributed by atoms with Crippen LogP contribution in [0.5, 0.6) is 11.5 Å². The van der Waals surface area contributed by atoms with Crippen LogP contribution in [0.1, 0.15) is 22.8 Å². The number of hydrogen-bond donors (Lipinski definition) is 5. The van der Waals surface area contributed by atoms with Gasteiger partial charge in [0.2, 0.25) is 0 Å². The fraction of sp³-hybridized carbons (Fsp3) is 0.154. The molecule has 3 aromatic rings. The molecule has 3 rings (SSSR count). The maximum Gasteiger partial charge on any atom is 0.328 e. The lowest BCUT2D eigenvalue weighted by Crippen LogP contribution is -2.43. The molecule has 0 fully saturated rings. The molecule has 0 heterocycles. The molecule has 0 spiro atoms. The summed E-state index contributed by atoms with van der Waals surface area (Å²) in [5.74, 6) is -4.66. The van der Waals surface area contributed by atoms with E-state index in [1.807, 2.05) is 6.07 Å². The first-order valence-electron chi connectivity index (χ1n) is 11.2. The van der Waals surface area contributed by atoms with Gasteiger partial charge in [0.25, 0.3) is 5.91 Å². The SMILES string of the molecule is CCOC(=O)[C@H](Cc1ccccc1)NC(=O)c1ccc(O)c(NC(=O)C(=O)Nc2cc(Cl)cc(Cl)c2O)c1. The van der Waals surface area contributed by atoms with Gasteiger partial charge in [-0.2, -0.15) is 0 Å². The van der Waals surface area contributed by atoms with Crippen molar-refractivity contribution in [3.63, 3.8) is 0 Å². The Morgan fingerprint density at radius 1 is 0.895 bits per heavy atom. The van der Waals surface area contributed by atoms with Crippen molar-refractivity contribution in [2.45, 2.75) is 19.4 Å². The van der Waals surface area contributed by atoms with Gasteiger partial charge >= 0.3 is 17.8 Å². The van der Waals surface area contributed by atoms with Gasteiger partial charge in [0, 0.05) is 17.0 Å². The highest BCUT2D eigenvalue weighted by molar-refractivity contribution is 6.44. The van der Waals surface area contributed by atoms with Gasteiger partial charge in [0.1, 0.15) is 11.8 Å². The number of halogens is 2. The van der Waals surface area contributed by atoms with E-state index in [1.165, 1.54) is 18.2 Å². The minimum absolute atomic E-state index is 0.0138. The largest absolute Gasteiger partial charge is 0.506 e. The monoisotopic (exact) mass is 559 g/mol. The van der Waals surface area contributed by atoms with Gasteiger partial charge in [-0.1, -0.05) is 53.5 Å². The zero-order chi connectivity index (χ0) is 27.8. The number of hydrogen-bond acceptors (Lipinski definition) is 7. The number of rotatable bonds is 8. The van der Waals surface area contributed by atoms with E-state index >= 15 is 0 Å². The maximum absolute atomic E-state index is 12.9. The van der Waals surface area contributed by atoms with Crippen molar-refractivity contribution in [2.75, 3.05) is 17.2 Å². The molecule has 198 valence electrons. The maximum atomic E-state index is 12.9. The zero-order valence-corrected chi connectivity index (χ0v) is 21.5. The average Bonchev–Trinajstić information content (AvgIpc) is 2.88. The highest BCUT2D eigenvalue weighted by Gasteiger charge is 2.24. The summed E-state index contributed by atoms with van der Waals surface area (Å²) >= 11 is 11.7. The fourth-order valence-electron chi connectivity index (χ4n) is 3.32. The molecule has 0 aliphatic carbocycles. The summed E-state index contributed by atoms with van der Waals surface area (Å²) in [7, 11) is 0. The molecule has 0 saturated carbocycles. The van der Waals surface area contributed by atoms with Crippen LogP contribution in [0.3, 0.4) is 0 Å². The Hall–Kier alpha value is -4.28. The molecule has 1 atom stereocenters. The molecule has 12 heteroatoms. The lowest BCUT2D eigenvalue weighted by molar-refractivity contribution is -0.145. The summed E-state index contributed by atoms with van der Waals surface area (Å²) in [5, 5.41) is 27.0. The van der Waals surface area contributed by atoms with Crippen LogP contribution < -0.4 is 16.0 Å². The smallest absolute Gasteiger partial charge is 0.328 e. The van der Waals surface area contributed by atoms with E-state index in [9.17, 15) is 29.4 Å². The van der Waals surface area contributed by atoms with Crippen LogP contribution in [0.4, 0.5) is 11.4 Å². The highest BCUT2D eigenvalue weighted by atomic mass is 35.5. The van der Waals surface area contributed by atoms with Gasteiger partial charge < -0.3 is 30.9 Å². The van der Waals surface area contributed by atoms with Gasteiger partial charge in [0.05, 0.1) is 23.0 Å². The van der Waals surface area contributed by atoms with Crippen LogP contribution in [-0.2, 0) is 25.5 Å². The first-order valence-corrected chi connectivity index (χ1v) is 12.0. The summed E-state index contributed by atoms with van der Waals surface area (Å²) < 4.78 is 5.08. The minimum Gasteiger partial charge on any atom is -0.506 e. The molecule has 0 bridgehead atoms. The number of nitrogens with one attached hydrogen (secondary N) is 3. The lowest BCUT2D eigenvalue weighted by Gasteiger charge is -2.18. The molecule has 0 unspecified atom stereocenters. The molecule has 10 nitrogen and oxygen atoms in total. The summed E-state index contributed by atoms with van der Waals surface area (Å²) in [5.41, 5.74) is 0.327. The van der Waals surface area contributed by atoms with Crippen molar-refractivity contribution in [2.24, 2.45) is 0 Å². The van der Waals surface area contributed by atoms with E-state index in [0.29, 0.717) is 0 Å². The van der Waals surface area contributed by atoms with Gasteiger partial charge in [-0.25, -0.2) is 4.79 Å². The number of anilines is 2. The average molecular weight is 560 g/mol. The minimum atomic E-state index is -1.22. The normalized spacial score (nSPS) is 11.2. The lowest BCUT2D eigenvalue weighted by atomic mass is 10.1. The second-order valence-electron chi connectivity index (χ2n) is 7.89. The molecule has 38 heavy (non-hydrogen) atoms. The molecule has 3 aromatic carbocycles. The second kappa shape index (κ2) is 12.8. The van der Waals surface area contributed by atoms with E-state index in [2.05, 4.69) is 16.0 Å². The first-order chi connectivity index (χ1) is 18.1. The number of carbonyl (C=O) groups is 4. The van der Waals surface area contributed by atoms with Crippen molar-refractivity contribution >= 4 is 58.3 Å². The van der Waals surface area contributed by atoms with E-state index in [4.69, 9.17) is 27.9 Å².